The van der Waals surface area contributed by atoms with Crippen molar-refractivity contribution in [3.05, 3.63) is 23.3 Å². The molecule has 2 bridgehead atoms. The van der Waals surface area contributed by atoms with E-state index in [1.807, 2.05) is 6.92 Å². The third kappa shape index (κ3) is 2.32. The van der Waals surface area contributed by atoms with E-state index < -0.39 is 17.2 Å². The van der Waals surface area contributed by atoms with E-state index in [-0.39, 0.29) is 23.2 Å². The lowest BCUT2D eigenvalue weighted by Gasteiger charge is -2.59. The van der Waals surface area contributed by atoms with Crippen LogP contribution in [-0.4, -0.2) is 55.5 Å². The summed E-state index contributed by atoms with van der Waals surface area (Å²) in [7, 11) is 0. The summed E-state index contributed by atoms with van der Waals surface area (Å²) in [5.41, 5.74) is 1.04. The minimum absolute atomic E-state index is 0.107. The smallest absolute Gasteiger partial charge is 0.174 e. The molecule has 0 radical (unpaired) electrons. The number of ether oxygens (including phenoxy) is 5. The summed E-state index contributed by atoms with van der Waals surface area (Å²) in [5, 5.41) is 0. The van der Waals surface area contributed by atoms with Crippen LogP contribution in [0.1, 0.15) is 52.4 Å². The molecule has 0 N–H and O–H groups in total. The molecule has 6 nitrogen and oxygen atoms in total. The van der Waals surface area contributed by atoms with Gasteiger partial charge >= 0.3 is 0 Å². The maximum atomic E-state index is 13.6. The summed E-state index contributed by atoms with van der Waals surface area (Å²) in [6, 6.07) is 0. The first-order valence-corrected chi connectivity index (χ1v) is 11.1. The molecule has 0 unspecified atom stereocenters. The Balaban J connectivity index is 1.38. The molecule has 2 aliphatic carbocycles. The van der Waals surface area contributed by atoms with Gasteiger partial charge < -0.3 is 23.7 Å². The van der Waals surface area contributed by atoms with Crippen molar-refractivity contribution in [3.8, 4) is 0 Å². The van der Waals surface area contributed by atoms with E-state index in [9.17, 15) is 4.79 Å². The number of carbonyl (C=O) groups excluding carboxylic acids is 1. The summed E-state index contributed by atoms with van der Waals surface area (Å²) in [6.45, 7) is 6.66. The first kappa shape index (κ1) is 18.7. The standard InChI is InChI=1S/C23H30O6/c1-20-14-16(24)19-15(5-8-21(2)25-10-11-26-21)17-6-9-22(19,29-17)18(20)4-3-7-23(20)27-12-13-28-23/h6,9,17-18H,3-5,7-8,10-14H2,1-2H3/t17-,18+,20-,22-/m0/s1. The van der Waals surface area contributed by atoms with Crippen molar-refractivity contribution in [2.75, 3.05) is 26.4 Å². The van der Waals surface area contributed by atoms with E-state index >= 15 is 0 Å². The second-order valence-corrected chi connectivity index (χ2v) is 9.83. The quantitative estimate of drug-likeness (QED) is 0.676. The van der Waals surface area contributed by atoms with Gasteiger partial charge in [-0.05, 0) is 37.8 Å². The highest BCUT2D eigenvalue weighted by Crippen LogP contribution is 2.66. The molecule has 0 aromatic heterocycles. The molecule has 6 aliphatic rings. The maximum absolute atomic E-state index is 13.6. The molecule has 0 aromatic rings. The molecule has 2 saturated carbocycles. The Hall–Kier alpha value is -1.05. The Morgan fingerprint density at radius 2 is 1.79 bits per heavy atom. The Labute approximate surface area is 171 Å². The van der Waals surface area contributed by atoms with E-state index in [1.165, 1.54) is 0 Å². The summed E-state index contributed by atoms with van der Waals surface area (Å²) in [6.07, 6.45) is 9.07. The van der Waals surface area contributed by atoms with Crippen LogP contribution in [0.2, 0.25) is 0 Å². The van der Waals surface area contributed by atoms with Crippen LogP contribution < -0.4 is 0 Å². The van der Waals surface area contributed by atoms with Crippen LogP contribution in [0.4, 0.5) is 0 Å². The molecule has 2 spiro atoms. The fourth-order valence-corrected chi connectivity index (χ4v) is 7.05. The molecule has 6 rings (SSSR count). The third-order valence-electron chi connectivity index (χ3n) is 8.36. The lowest BCUT2D eigenvalue weighted by Crippen LogP contribution is -2.64. The number of hydrogen-bond acceptors (Lipinski definition) is 6. The Bertz CT molecular complexity index is 802. The maximum Gasteiger partial charge on any atom is 0.174 e. The van der Waals surface area contributed by atoms with Crippen molar-refractivity contribution < 1.29 is 28.5 Å². The van der Waals surface area contributed by atoms with Gasteiger partial charge in [0.05, 0.1) is 32.5 Å². The Morgan fingerprint density at radius 1 is 1.07 bits per heavy atom. The summed E-state index contributed by atoms with van der Waals surface area (Å²) in [4.78, 5) is 13.6. The van der Waals surface area contributed by atoms with Crippen LogP contribution in [0.5, 0.6) is 0 Å². The second-order valence-electron chi connectivity index (χ2n) is 9.83. The minimum Gasteiger partial charge on any atom is -0.354 e. The van der Waals surface area contributed by atoms with Crippen LogP contribution in [0, 0.1) is 11.3 Å². The molecule has 2 saturated heterocycles. The van der Waals surface area contributed by atoms with Crippen molar-refractivity contribution in [3.63, 3.8) is 0 Å². The molecular weight excluding hydrogens is 372 g/mol. The first-order valence-electron chi connectivity index (χ1n) is 11.1. The molecule has 29 heavy (non-hydrogen) atoms. The van der Waals surface area contributed by atoms with E-state index in [0.29, 0.717) is 32.8 Å². The van der Waals surface area contributed by atoms with Crippen molar-refractivity contribution >= 4 is 5.78 Å². The van der Waals surface area contributed by atoms with Gasteiger partial charge in [0.25, 0.3) is 0 Å². The summed E-state index contributed by atoms with van der Waals surface area (Å²) >= 11 is 0. The zero-order chi connectivity index (χ0) is 19.9. The largest absolute Gasteiger partial charge is 0.354 e. The van der Waals surface area contributed by atoms with Gasteiger partial charge in [-0.25, -0.2) is 0 Å². The van der Waals surface area contributed by atoms with Gasteiger partial charge in [0.2, 0.25) is 0 Å². The van der Waals surface area contributed by atoms with Gasteiger partial charge in [0.15, 0.2) is 17.4 Å². The normalized spacial score (nSPS) is 44.0. The van der Waals surface area contributed by atoms with E-state index in [0.717, 1.165) is 43.3 Å². The molecular formula is C23H30O6. The zero-order valence-electron chi connectivity index (χ0n) is 17.3. The fourth-order valence-electron chi connectivity index (χ4n) is 7.05. The van der Waals surface area contributed by atoms with Crippen molar-refractivity contribution in [1.29, 1.82) is 0 Å². The molecule has 4 fully saturated rings. The van der Waals surface area contributed by atoms with Gasteiger partial charge in [-0.1, -0.05) is 13.0 Å². The third-order valence-corrected chi connectivity index (χ3v) is 8.36. The van der Waals surface area contributed by atoms with Crippen LogP contribution in [-0.2, 0) is 28.5 Å². The van der Waals surface area contributed by atoms with Gasteiger partial charge in [-0.15, -0.1) is 0 Å². The molecule has 0 aromatic carbocycles. The number of hydrogen-bond donors (Lipinski definition) is 0. The summed E-state index contributed by atoms with van der Waals surface area (Å²) < 4.78 is 30.6. The predicted molar refractivity (Wildman–Crippen MR) is 103 cm³/mol. The number of carbonyl (C=O) groups is 1. The fraction of sp³-hybridized carbons (Fsp3) is 0.783. The highest BCUT2D eigenvalue weighted by molar-refractivity contribution is 6.02. The highest BCUT2D eigenvalue weighted by atomic mass is 16.7. The monoisotopic (exact) mass is 402 g/mol. The van der Waals surface area contributed by atoms with Crippen LogP contribution in [0.15, 0.2) is 23.3 Å². The van der Waals surface area contributed by atoms with Gasteiger partial charge in [-0.3, -0.25) is 4.79 Å². The molecule has 4 aliphatic heterocycles. The van der Waals surface area contributed by atoms with Gasteiger partial charge in [0, 0.05) is 36.2 Å². The number of fused-ring (bicyclic) bond motifs is 3. The molecule has 4 atom stereocenters. The van der Waals surface area contributed by atoms with E-state index in [4.69, 9.17) is 23.7 Å². The van der Waals surface area contributed by atoms with Crippen molar-refractivity contribution in [2.45, 2.75) is 75.7 Å². The average Bonchev–Trinajstić information content (AvgIpc) is 3.46. The van der Waals surface area contributed by atoms with Crippen molar-refractivity contribution in [1.82, 2.24) is 0 Å². The number of Topliss-reactive ketones (excluding diaryl/α,β-unsaturated/α-hetero) is 1. The lowest BCUT2D eigenvalue weighted by molar-refractivity contribution is -0.286. The van der Waals surface area contributed by atoms with Gasteiger partial charge in [0.1, 0.15) is 5.60 Å². The zero-order valence-corrected chi connectivity index (χ0v) is 17.3. The SMILES string of the molecule is CC1(CCC2=C3C(=O)C[C@@]4(C)[C@@H](CCCC45OCCO5)[C@@]34C=C[C@@H]2O4)OCCO1. The van der Waals surface area contributed by atoms with Crippen LogP contribution in [0.3, 0.4) is 0 Å². The average molecular weight is 402 g/mol. The minimum atomic E-state index is -0.650. The Kier molecular flexibility index (Phi) is 3.88. The van der Waals surface area contributed by atoms with E-state index in [1.54, 1.807) is 0 Å². The Morgan fingerprint density at radius 3 is 2.55 bits per heavy atom. The first-order chi connectivity index (χ1) is 13.9. The number of ketones is 1. The molecule has 4 heterocycles. The van der Waals surface area contributed by atoms with Crippen LogP contribution >= 0.6 is 0 Å². The molecule has 6 heteroatoms. The second kappa shape index (κ2) is 6.01. The topological polar surface area (TPSA) is 63.2 Å². The summed E-state index contributed by atoms with van der Waals surface area (Å²) in [5.74, 6) is -0.825. The predicted octanol–water partition coefficient (Wildman–Crippen LogP) is 3.06. The van der Waals surface area contributed by atoms with E-state index in [2.05, 4.69) is 19.1 Å². The molecule has 158 valence electrons. The van der Waals surface area contributed by atoms with Crippen LogP contribution in [0.25, 0.3) is 0 Å². The van der Waals surface area contributed by atoms with Crippen molar-refractivity contribution in [2.24, 2.45) is 11.3 Å². The highest BCUT2D eigenvalue weighted by Gasteiger charge is 2.70. The lowest BCUT2D eigenvalue weighted by atomic mass is 9.50. The van der Waals surface area contributed by atoms with Gasteiger partial charge in [-0.2, -0.15) is 0 Å². The molecule has 0 amide bonds. The number of rotatable bonds is 3.